The average Bonchev–Trinajstić information content (AvgIpc) is 3.44. The second kappa shape index (κ2) is 8.76. The molecule has 1 fully saturated rings. The van der Waals surface area contributed by atoms with Crippen LogP contribution in [0.1, 0.15) is 64.3 Å². The van der Waals surface area contributed by atoms with Crippen molar-refractivity contribution >= 4 is 12.1 Å². The van der Waals surface area contributed by atoms with Crippen molar-refractivity contribution < 1.29 is 18.0 Å². The maximum Gasteiger partial charge on any atom is 0.419 e. The highest BCUT2D eigenvalue weighted by Crippen LogP contribution is 2.39. The molecule has 1 atom stereocenters. The largest absolute Gasteiger partial charge is 0.419 e. The van der Waals surface area contributed by atoms with Crippen molar-refractivity contribution in [3.63, 3.8) is 0 Å². The number of carbonyl (C=O) groups is 1. The molecule has 32 heavy (non-hydrogen) atoms. The topological polar surface area (TPSA) is 59.8 Å². The number of aromatic nitrogens is 3. The van der Waals surface area contributed by atoms with Gasteiger partial charge in [0.15, 0.2) is 6.29 Å². The highest BCUT2D eigenvalue weighted by atomic mass is 19.4. The Labute approximate surface area is 184 Å². The fraction of sp³-hybridized carbons (Fsp3) is 0.375. The lowest BCUT2D eigenvalue weighted by atomic mass is 9.89. The molecule has 0 spiro atoms. The van der Waals surface area contributed by atoms with Gasteiger partial charge in [0.05, 0.1) is 23.5 Å². The molecule has 0 amide bonds. The van der Waals surface area contributed by atoms with Crippen LogP contribution in [-0.4, -0.2) is 21.1 Å². The molecule has 0 saturated heterocycles. The van der Waals surface area contributed by atoms with Gasteiger partial charge in [0.2, 0.25) is 0 Å². The summed E-state index contributed by atoms with van der Waals surface area (Å²) in [5.74, 6) is 1.11. The Bertz CT molecular complexity index is 1080. The molecule has 2 heterocycles. The number of rotatable bonds is 6. The van der Waals surface area contributed by atoms with Gasteiger partial charge in [-0.3, -0.25) is 4.79 Å². The first-order valence-electron chi connectivity index (χ1n) is 10.7. The summed E-state index contributed by atoms with van der Waals surface area (Å²) in [5, 5.41) is 7.48. The highest BCUT2D eigenvalue weighted by Gasteiger charge is 2.33. The third kappa shape index (κ3) is 4.54. The minimum atomic E-state index is -4.43. The van der Waals surface area contributed by atoms with Gasteiger partial charge in [0.1, 0.15) is 5.82 Å². The lowest BCUT2D eigenvalue weighted by Gasteiger charge is -2.27. The number of nitrogens with zero attached hydrogens (tertiary/aromatic N) is 3. The van der Waals surface area contributed by atoms with Gasteiger partial charge in [0.25, 0.3) is 0 Å². The minimum absolute atomic E-state index is 0.0156. The minimum Gasteiger partial charge on any atom is -0.363 e. The van der Waals surface area contributed by atoms with E-state index in [0.29, 0.717) is 23.0 Å². The van der Waals surface area contributed by atoms with Crippen LogP contribution < -0.4 is 5.32 Å². The van der Waals surface area contributed by atoms with E-state index in [1.54, 1.807) is 12.1 Å². The molecule has 1 saturated carbocycles. The lowest BCUT2D eigenvalue weighted by molar-refractivity contribution is -0.137. The zero-order valence-corrected chi connectivity index (χ0v) is 18.0. The first kappa shape index (κ1) is 22.0. The van der Waals surface area contributed by atoms with E-state index in [1.807, 2.05) is 26.0 Å². The number of hydrogen-bond acceptors (Lipinski definition) is 4. The zero-order chi connectivity index (χ0) is 22.9. The summed E-state index contributed by atoms with van der Waals surface area (Å²) in [4.78, 5) is 15.3. The Morgan fingerprint density at radius 2 is 1.81 bits per heavy atom. The van der Waals surface area contributed by atoms with Crippen LogP contribution in [-0.2, 0) is 6.18 Å². The van der Waals surface area contributed by atoms with E-state index in [-0.39, 0.29) is 6.04 Å². The fourth-order valence-corrected chi connectivity index (χ4v) is 4.61. The molecule has 1 aliphatic rings. The maximum absolute atomic E-state index is 13.0. The van der Waals surface area contributed by atoms with Crippen molar-refractivity contribution in [2.24, 2.45) is 5.92 Å². The number of hydrogen-bond donors (Lipinski definition) is 1. The molecular weight excluding hydrogens is 417 g/mol. The van der Waals surface area contributed by atoms with Gasteiger partial charge in [-0.1, -0.05) is 25.0 Å². The Kier molecular flexibility index (Phi) is 6.04. The fourth-order valence-electron chi connectivity index (χ4n) is 4.61. The average molecular weight is 442 g/mol. The third-order valence-electron chi connectivity index (χ3n) is 6.11. The van der Waals surface area contributed by atoms with Crippen molar-refractivity contribution in [3.8, 4) is 5.69 Å². The molecule has 1 unspecified atom stereocenters. The number of carbonyl (C=O) groups excluding carboxylic acids is 1. The number of benzene rings is 1. The van der Waals surface area contributed by atoms with E-state index in [1.165, 1.54) is 23.7 Å². The molecule has 8 heteroatoms. The number of pyridine rings is 1. The summed E-state index contributed by atoms with van der Waals surface area (Å²) in [6.45, 7) is 3.78. The summed E-state index contributed by atoms with van der Waals surface area (Å²) in [6, 6.07) is 7.58. The SMILES string of the molecule is Cc1cc(C(Nc2ccc(C=O)cn2)C2CCCC2)cc(C)c1-n1cc(C(F)(F)F)cn1. The molecule has 4 rings (SSSR count). The van der Waals surface area contributed by atoms with Crippen LogP contribution in [0.5, 0.6) is 0 Å². The predicted molar refractivity (Wildman–Crippen MR) is 116 cm³/mol. The van der Waals surface area contributed by atoms with Crippen molar-refractivity contribution in [2.75, 3.05) is 5.32 Å². The normalized spacial score (nSPS) is 15.7. The summed E-state index contributed by atoms with van der Waals surface area (Å²) in [5.41, 5.74) is 3.18. The van der Waals surface area contributed by atoms with Crippen LogP contribution >= 0.6 is 0 Å². The molecule has 0 bridgehead atoms. The van der Waals surface area contributed by atoms with Gasteiger partial charge in [-0.05, 0) is 61.4 Å². The number of halogens is 3. The molecule has 1 N–H and O–H groups in total. The van der Waals surface area contributed by atoms with E-state index < -0.39 is 11.7 Å². The van der Waals surface area contributed by atoms with Crippen LogP contribution in [0.25, 0.3) is 5.69 Å². The molecule has 0 radical (unpaired) electrons. The summed E-state index contributed by atoms with van der Waals surface area (Å²) < 4.78 is 40.4. The Balaban J connectivity index is 1.68. The van der Waals surface area contributed by atoms with Gasteiger partial charge < -0.3 is 5.32 Å². The Hall–Kier alpha value is -3.16. The molecule has 5 nitrogen and oxygen atoms in total. The molecule has 3 aromatic rings. The van der Waals surface area contributed by atoms with Crippen molar-refractivity contribution in [1.82, 2.24) is 14.8 Å². The van der Waals surface area contributed by atoms with Gasteiger partial charge >= 0.3 is 6.18 Å². The molecule has 1 aliphatic carbocycles. The van der Waals surface area contributed by atoms with Crippen LogP contribution in [0.2, 0.25) is 0 Å². The second-order valence-electron chi connectivity index (χ2n) is 8.44. The predicted octanol–water partition coefficient (Wildman–Crippen LogP) is 6.06. The number of anilines is 1. The Morgan fingerprint density at radius 3 is 2.34 bits per heavy atom. The van der Waals surface area contributed by atoms with Gasteiger partial charge in [-0.25, -0.2) is 9.67 Å². The summed E-state index contributed by atoms with van der Waals surface area (Å²) >= 11 is 0. The van der Waals surface area contributed by atoms with Crippen molar-refractivity contribution in [2.45, 2.75) is 51.7 Å². The standard InChI is InChI=1S/C24H25F3N4O/c1-15-9-19(10-16(2)23(15)31-13-20(12-29-31)24(25,26)27)22(18-5-3-4-6-18)30-21-8-7-17(14-32)11-28-21/h7-14,18,22H,3-6H2,1-2H3,(H,28,30). The van der Waals surface area contributed by atoms with Gasteiger partial charge in [0, 0.05) is 18.0 Å². The highest BCUT2D eigenvalue weighted by molar-refractivity contribution is 5.74. The molecule has 0 aliphatic heterocycles. The first-order chi connectivity index (χ1) is 15.3. The van der Waals surface area contributed by atoms with Gasteiger partial charge in [-0.2, -0.15) is 18.3 Å². The van der Waals surface area contributed by atoms with Crippen molar-refractivity contribution in [3.05, 3.63) is 70.7 Å². The van der Waals surface area contributed by atoms with E-state index in [0.717, 1.165) is 48.2 Å². The second-order valence-corrected chi connectivity index (χ2v) is 8.44. The van der Waals surface area contributed by atoms with Gasteiger partial charge in [-0.15, -0.1) is 0 Å². The number of aryl methyl sites for hydroxylation is 2. The van der Waals surface area contributed by atoms with E-state index in [9.17, 15) is 18.0 Å². The first-order valence-corrected chi connectivity index (χ1v) is 10.7. The van der Waals surface area contributed by atoms with Crippen molar-refractivity contribution in [1.29, 1.82) is 0 Å². The number of nitrogens with one attached hydrogen (secondary N) is 1. The number of aldehydes is 1. The third-order valence-corrected chi connectivity index (χ3v) is 6.11. The van der Waals surface area contributed by atoms with E-state index >= 15 is 0 Å². The molecule has 2 aromatic heterocycles. The van der Waals surface area contributed by atoms with E-state index in [2.05, 4.69) is 15.4 Å². The smallest absolute Gasteiger partial charge is 0.363 e. The maximum atomic E-state index is 13.0. The summed E-state index contributed by atoms with van der Waals surface area (Å²) in [7, 11) is 0. The number of alkyl halides is 3. The molecule has 168 valence electrons. The quantitative estimate of drug-likeness (QED) is 0.472. The van der Waals surface area contributed by atoms with Crippen LogP contribution in [0.3, 0.4) is 0 Å². The van der Waals surface area contributed by atoms with Crippen LogP contribution in [0.4, 0.5) is 19.0 Å². The van der Waals surface area contributed by atoms with Crippen LogP contribution in [0, 0.1) is 19.8 Å². The van der Waals surface area contributed by atoms with Crippen LogP contribution in [0.15, 0.2) is 42.9 Å². The Morgan fingerprint density at radius 1 is 1.12 bits per heavy atom. The zero-order valence-electron chi connectivity index (χ0n) is 18.0. The lowest BCUT2D eigenvalue weighted by Crippen LogP contribution is -2.20. The molecule has 1 aromatic carbocycles. The summed E-state index contributed by atoms with van der Waals surface area (Å²) in [6.07, 6.45) is 4.28. The molecular formula is C24H25F3N4O. The monoisotopic (exact) mass is 442 g/mol. The van der Waals surface area contributed by atoms with E-state index in [4.69, 9.17) is 0 Å².